The molecule has 6 rings (SSSR count). The van der Waals surface area contributed by atoms with Gasteiger partial charge in [-0.15, -0.1) is 0 Å². The van der Waals surface area contributed by atoms with Crippen molar-refractivity contribution < 1.29 is 4.79 Å². The van der Waals surface area contributed by atoms with Crippen LogP contribution in [0.15, 0.2) is 49.1 Å². The molecular formula is C29H32N8O. The fourth-order valence-corrected chi connectivity index (χ4v) is 5.14. The van der Waals surface area contributed by atoms with E-state index >= 15 is 0 Å². The van der Waals surface area contributed by atoms with Crippen LogP contribution in [0.2, 0.25) is 0 Å². The largest absolute Gasteiger partial charge is 0.356 e. The Morgan fingerprint density at radius 1 is 1.00 bits per heavy atom. The first-order valence-electron chi connectivity index (χ1n) is 13.2. The summed E-state index contributed by atoms with van der Waals surface area (Å²) >= 11 is 0. The maximum atomic E-state index is 12.4. The molecule has 9 heteroatoms. The van der Waals surface area contributed by atoms with Gasteiger partial charge >= 0.3 is 0 Å². The first-order chi connectivity index (χ1) is 18.3. The van der Waals surface area contributed by atoms with E-state index in [2.05, 4.69) is 47.5 Å². The number of pyridine rings is 3. The molecule has 0 aliphatic carbocycles. The van der Waals surface area contributed by atoms with E-state index in [9.17, 15) is 4.79 Å². The van der Waals surface area contributed by atoms with E-state index in [4.69, 9.17) is 4.98 Å². The zero-order valence-corrected chi connectivity index (χ0v) is 22.0. The number of nitrogens with one attached hydrogen (secondary N) is 3. The van der Waals surface area contributed by atoms with Crippen LogP contribution < -0.4 is 10.2 Å². The van der Waals surface area contributed by atoms with Crippen molar-refractivity contribution in [2.75, 3.05) is 23.3 Å². The number of hydrogen-bond acceptors (Lipinski definition) is 6. The summed E-state index contributed by atoms with van der Waals surface area (Å²) in [4.78, 5) is 32.1. The maximum Gasteiger partial charge on any atom is 0.224 e. The number of nitrogens with zero attached hydrogens (tertiary/aromatic N) is 5. The van der Waals surface area contributed by atoms with Gasteiger partial charge in [0.05, 0.1) is 23.1 Å². The third-order valence-electron chi connectivity index (χ3n) is 6.90. The summed E-state index contributed by atoms with van der Waals surface area (Å²) in [5, 5.41) is 12.7. The molecule has 1 fully saturated rings. The smallest absolute Gasteiger partial charge is 0.224 e. The molecule has 1 amide bonds. The van der Waals surface area contributed by atoms with Gasteiger partial charge < -0.3 is 15.2 Å². The second-order valence-corrected chi connectivity index (χ2v) is 11.3. The number of hydrogen-bond donors (Lipinski definition) is 3. The standard InChI is InChI=1S/C29H32N8O/c1-29(2,3)14-25(38)33-20-11-18(15-30-17-20)19-12-22-26(35-36-27(22)32-16-19)24-13-21-23(34-24)7-8-31-28(21)37-9-5-4-6-10-37/h7-8,11-13,15-17,34H,4-6,9-10,14H2,1-3H3,(H,33,38)(H,32,35,36). The quantitative estimate of drug-likeness (QED) is 0.271. The summed E-state index contributed by atoms with van der Waals surface area (Å²) in [6, 6.07) is 8.14. The molecule has 38 heavy (non-hydrogen) atoms. The summed E-state index contributed by atoms with van der Waals surface area (Å²) in [6.45, 7) is 8.21. The first kappa shape index (κ1) is 24.1. The molecule has 0 radical (unpaired) electrons. The average molecular weight is 509 g/mol. The number of carbonyl (C=O) groups is 1. The van der Waals surface area contributed by atoms with Crippen molar-refractivity contribution in [3.05, 3.63) is 49.1 Å². The Morgan fingerprint density at radius 2 is 1.82 bits per heavy atom. The van der Waals surface area contributed by atoms with Gasteiger partial charge in [0.25, 0.3) is 0 Å². The summed E-state index contributed by atoms with van der Waals surface area (Å²) < 4.78 is 0. The number of anilines is 2. The van der Waals surface area contributed by atoms with Crippen LogP contribution in [0.5, 0.6) is 0 Å². The monoisotopic (exact) mass is 508 g/mol. The molecule has 3 N–H and O–H groups in total. The molecule has 0 aromatic carbocycles. The molecule has 6 heterocycles. The third kappa shape index (κ3) is 4.83. The minimum Gasteiger partial charge on any atom is -0.356 e. The molecule has 5 aromatic rings. The molecule has 0 spiro atoms. The number of amides is 1. The van der Waals surface area contributed by atoms with E-state index in [1.807, 2.05) is 39.1 Å². The van der Waals surface area contributed by atoms with Gasteiger partial charge in [0.2, 0.25) is 5.91 Å². The summed E-state index contributed by atoms with van der Waals surface area (Å²) in [6.07, 6.45) is 11.2. The summed E-state index contributed by atoms with van der Waals surface area (Å²) in [5.41, 5.74) is 5.81. The van der Waals surface area contributed by atoms with Crippen LogP contribution in [0, 0.1) is 5.41 Å². The summed E-state index contributed by atoms with van der Waals surface area (Å²) in [7, 11) is 0. The minimum absolute atomic E-state index is 0.0284. The van der Waals surface area contributed by atoms with Gasteiger partial charge in [-0.25, -0.2) is 9.97 Å². The van der Waals surface area contributed by atoms with Gasteiger partial charge in [-0.3, -0.25) is 14.9 Å². The zero-order valence-electron chi connectivity index (χ0n) is 22.0. The fourth-order valence-electron chi connectivity index (χ4n) is 5.14. The summed E-state index contributed by atoms with van der Waals surface area (Å²) in [5.74, 6) is 0.999. The first-order valence-corrected chi connectivity index (χ1v) is 13.2. The van der Waals surface area contributed by atoms with Crippen LogP contribution in [0.3, 0.4) is 0 Å². The van der Waals surface area contributed by atoms with Crippen LogP contribution in [-0.4, -0.2) is 49.1 Å². The number of fused-ring (bicyclic) bond motifs is 2. The van der Waals surface area contributed by atoms with Gasteiger partial charge in [-0.2, -0.15) is 5.10 Å². The van der Waals surface area contributed by atoms with Crippen LogP contribution >= 0.6 is 0 Å². The van der Waals surface area contributed by atoms with Crippen molar-refractivity contribution in [3.63, 3.8) is 0 Å². The van der Waals surface area contributed by atoms with Crippen molar-refractivity contribution in [2.45, 2.75) is 46.5 Å². The van der Waals surface area contributed by atoms with Crippen molar-refractivity contribution in [2.24, 2.45) is 5.41 Å². The van der Waals surface area contributed by atoms with E-state index in [1.165, 1.54) is 19.3 Å². The molecule has 1 aliphatic heterocycles. The number of aromatic nitrogens is 6. The molecule has 0 bridgehead atoms. The second kappa shape index (κ2) is 9.55. The number of aromatic amines is 2. The molecule has 1 saturated heterocycles. The predicted molar refractivity (Wildman–Crippen MR) is 151 cm³/mol. The average Bonchev–Trinajstić information content (AvgIpc) is 3.51. The minimum atomic E-state index is -0.0883. The molecule has 194 valence electrons. The van der Waals surface area contributed by atoms with Crippen molar-refractivity contribution in [3.8, 4) is 22.5 Å². The van der Waals surface area contributed by atoms with Crippen LogP contribution in [-0.2, 0) is 4.79 Å². The van der Waals surface area contributed by atoms with Gasteiger partial charge in [0.15, 0.2) is 5.65 Å². The predicted octanol–water partition coefficient (Wildman–Crippen LogP) is 5.93. The Morgan fingerprint density at radius 3 is 2.63 bits per heavy atom. The highest BCUT2D eigenvalue weighted by atomic mass is 16.1. The molecule has 5 aromatic heterocycles. The highest BCUT2D eigenvalue weighted by molar-refractivity contribution is 5.99. The number of rotatable bonds is 5. The van der Waals surface area contributed by atoms with E-state index in [-0.39, 0.29) is 11.3 Å². The molecule has 0 saturated carbocycles. The highest BCUT2D eigenvalue weighted by Gasteiger charge is 2.19. The van der Waals surface area contributed by atoms with Gasteiger partial charge in [-0.05, 0) is 48.9 Å². The van der Waals surface area contributed by atoms with Crippen LogP contribution in [0.25, 0.3) is 44.5 Å². The van der Waals surface area contributed by atoms with E-state index < -0.39 is 0 Å². The lowest BCUT2D eigenvalue weighted by Gasteiger charge is -2.28. The molecular weight excluding hydrogens is 476 g/mol. The van der Waals surface area contributed by atoms with Gasteiger partial charge in [0.1, 0.15) is 11.5 Å². The van der Waals surface area contributed by atoms with Crippen LogP contribution in [0.4, 0.5) is 11.5 Å². The normalized spacial score (nSPS) is 14.3. The molecule has 0 unspecified atom stereocenters. The molecule has 9 nitrogen and oxygen atoms in total. The van der Waals surface area contributed by atoms with Gasteiger partial charge in [-0.1, -0.05) is 20.8 Å². The SMILES string of the molecule is CC(C)(C)CC(=O)Nc1cncc(-c2cnc3[nH]nc(-c4cc5c(N6CCCCC6)nccc5[nH]4)c3c2)c1. The Labute approximate surface area is 221 Å². The number of H-pyrrole nitrogens is 2. The Hall–Kier alpha value is -4.27. The Bertz CT molecular complexity index is 1620. The van der Waals surface area contributed by atoms with Gasteiger partial charge in [0, 0.05) is 60.0 Å². The lowest BCUT2D eigenvalue weighted by molar-refractivity contribution is -0.117. The van der Waals surface area contributed by atoms with Crippen molar-refractivity contribution in [1.29, 1.82) is 0 Å². The van der Waals surface area contributed by atoms with E-state index in [0.717, 1.165) is 57.7 Å². The molecule has 1 aliphatic rings. The topological polar surface area (TPSA) is 115 Å². The van der Waals surface area contributed by atoms with Crippen molar-refractivity contribution in [1.82, 2.24) is 30.1 Å². The maximum absolute atomic E-state index is 12.4. The van der Waals surface area contributed by atoms with Crippen LogP contribution in [0.1, 0.15) is 46.5 Å². The molecule has 0 atom stereocenters. The Kier molecular flexibility index (Phi) is 6.06. The van der Waals surface area contributed by atoms with E-state index in [1.54, 1.807) is 18.6 Å². The lowest BCUT2D eigenvalue weighted by Crippen LogP contribution is -2.30. The Balaban J connectivity index is 1.33. The lowest BCUT2D eigenvalue weighted by atomic mass is 9.92. The highest BCUT2D eigenvalue weighted by Crippen LogP contribution is 2.34. The third-order valence-corrected chi connectivity index (χ3v) is 6.90. The number of piperidine rings is 1. The number of carbonyl (C=O) groups excluding carboxylic acids is 1. The van der Waals surface area contributed by atoms with E-state index in [0.29, 0.717) is 17.8 Å². The zero-order chi connectivity index (χ0) is 26.3. The van der Waals surface area contributed by atoms with Crippen molar-refractivity contribution >= 4 is 39.3 Å². The second-order valence-electron chi connectivity index (χ2n) is 11.3. The fraction of sp³-hybridized carbons (Fsp3) is 0.345.